The van der Waals surface area contributed by atoms with Gasteiger partial charge in [-0.15, -0.1) is 0 Å². The molecule has 0 spiro atoms. The van der Waals surface area contributed by atoms with Crippen LogP contribution in [-0.2, 0) is 4.65 Å². The molecule has 38 valence electrons. The van der Waals surface area contributed by atoms with E-state index >= 15 is 0 Å². The van der Waals surface area contributed by atoms with Crippen LogP contribution in [0.5, 0.6) is 0 Å². The molecule has 7 heavy (non-hydrogen) atoms. The van der Waals surface area contributed by atoms with Crippen LogP contribution < -0.4 is 0 Å². The van der Waals surface area contributed by atoms with E-state index < -0.39 is 7.12 Å². The summed E-state index contributed by atoms with van der Waals surface area (Å²) in [5.74, 6) is 0. The van der Waals surface area contributed by atoms with Gasteiger partial charge < -0.3 is 9.68 Å². The summed E-state index contributed by atoms with van der Waals surface area (Å²) in [6.45, 7) is 2.05. The Hall–Kier alpha value is -0.345. The first-order valence-electron chi connectivity index (χ1n) is 2.11. The first-order chi connectivity index (χ1) is 3.30. The van der Waals surface area contributed by atoms with Crippen molar-refractivity contribution >= 4 is 12.7 Å². The third-order valence-corrected chi connectivity index (χ3v) is 0.904. The van der Waals surface area contributed by atoms with Crippen molar-refractivity contribution in [2.24, 2.45) is 4.99 Å². The minimum Gasteiger partial charge on any atom is -0.422 e. The lowest BCUT2D eigenvalue weighted by molar-refractivity contribution is 0.298. The second kappa shape index (κ2) is 1.64. The summed E-state index contributed by atoms with van der Waals surface area (Å²) in [5.41, 5.74) is 0.667. The van der Waals surface area contributed by atoms with Gasteiger partial charge in [-0.3, -0.25) is 4.99 Å². The average Bonchev–Trinajstić information content (AvgIpc) is 1.91. The molecule has 0 saturated heterocycles. The van der Waals surface area contributed by atoms with Crippen LogP contribution in [0.3, 0.4) is 0 Å². The third-order valence-electron chi connectivity index (χ3n) is 0.904. The molecule has 0 radical (unpaired) electrons. The van der Waals surface area contributed by atoms with Gasteiger partial charge in [-0.1, -0.05) is 0 Å². The predicted molar refractivity (Wildman–Crippen MR) is 27.0 cm³/mol. The van der Waals surface area contributed by atoms with Crippen molar-refractivity contribution in [1.82, 2.24) is 0 Å². The SMILES string of the molecule is CC1=NCOB1O. The molecule has 4 heteroatoms. The zero-order valence-corrected chi connectivity index (χ0v) is 4.09. The fourth-order valence-corrected chi connectivity index (χ4v) is 0.408. The van der Waals surface area contributed by atoms with Gasteiger partial charge in [-0.2, -0.15) is 0 Å². The summed E-state index contributed by atoms with van der Waals surface area (Å²) in [6.07, 6.45) is 0. The highest BCUT2D eigenvalue weighted by Gasteiger charge is 2.21. The van der Waals surface area contributed by atoms with Gasteiger partial charge in [0.15, 0.2) is 0 Å². The van der Waals surface area contributed by atoms with Crippen LogP contribution in [0, 0.1) is 0 Å². The van der Waals surface area contributed by atoms with E-state index in [0.29, 0.717) is 12.3 Å². The molecule has 0 aromatic rings. The van der Waals surface area contributed by atoms with Crippen LogP contribution in [0.2, 0.25) is 0 Å². The van der Waals surface area contributed by atoms with Gasteiger partial charge in [-0.05, 0) is 6.92 Å². The number of nitrogens with zero attached hydrogens (tertiary/aromatic N) is 1. The maximum absolute atomic E-state index is 8.64. The van der Waals surface area contributed by atoms with E-state index in [1.54, 1.807) is 6.92 Å². The topological polar surface area (TPSA) is 41.8 Å². The Bertz CT molecular complexity index is 103. The Labute approximate surface area is 42.2 Å². The first-order valence-corrected chi connectivity index (χ1v) is 2.11. The molecule has 0 saturated carbocycles. The maximum Gasteiger partial charge on any atom is 0.507 e. The first kappa shape index (κ1) is 4.81. The molecule has 3 nitrogen and oxygen atoms in total. The Morgan fingerprint density at radius 2 is 2.71 bits per heavy atom. The summed E-state index contributed by atoms with van der Waals surface area (Å²) in [4.78, 5) is 3.76. The maximum atomic E-state index is 8.64. The van der Waals surface area contributed by atoms with E-state index in [-0.39, 0.29) is 0 Å². The van der Waals surface area contributed by atoms with E-state index in [4.69, 9.17) is 5.02 Å². The van der Waals surface area contributed by atoms with Crippen LogP contribution in [0.1, 0.15) is 6.92 Å². The molecule has 0 bridgehead atoms. The lowest BCUT2D eigenvalue weighted by Crippen LogP contribution is -2.20. The molecule has 0 fully saturated rings. The zero-order chi connectivity index (χ0) is 5.28. The van der Waals surface area contributed by atoms with Crippen molar-refractivity contribution < 1.29 is 9.68 Å². The van der Waals surface area contributed by atoms with Crippen molar-refractivity contribution in [2.45, 2.75) is 6.92 Å². The lowest BCUT2D eigenvalue weighted by atomic mass is 9.85. The molecular formula is C3H6BNO2. The summed E-state index contributed by atoms with van der Waals surface area (Å²) in [6, 6.07) is 0. The normalized spacial score (nSPS) is 20.3. The van der Waals surface area contributed by atoms with Gasteiger partial charge in [0, 0.05) is 5.61 Å². The van der Waals surface area contributed by atoms with E-state index in [0.717, 1.165) is 0 Å². The minimum absolute atomic E-state index is 0.312. The Morgan fingerprint density at radius 1 is 2.00 bits per heavy atom. The van der Waals surface area contributed by atoms with Gasteiger partial charge in [0.05, 0.1) is 0 Å². The second-order valence-electron chi connectivity index (χ2n) is 1.45. The van der Waals surface area contributed by atoms with E-state index in [9.17, 15) is 0 Å². The van der Waals surface area contributed by atoms with Gasteiger partial charge in [0.1, 0.15) is 6.73 Å². The average molecular weight is 98.9 g/mol. The highest BCUT2D eigenvalue weighted by molar-refractivity contribution is 6.81. The highest BCUT2D eigenvalue weighted by Crippen LogP contribution is 1.94. The highest BCUT2D eigenvalue weighted by atomic mass is 16.5. The van der Waals surface area contributed by atoms with Crippen molar-refractivity contribution in [3.05, 3.63) is 0 Å². The molecule has 1 aliphatic heterocycles. The molecule has 0 unspecified atom stereocenters. The number of aliphatic imine (C=N–C) groups is 1. The number of rotatable bonds is 0. The molecule has 0 aliphatic carbocycles. The minimum atomic E-state index is -0.736. The van der Waals surface area contributed by atoms with Crippen molar-refractivity contribution in [3.63, 3.8) is 0 Å². The molecule has 1 rings (SSSR count). The molecule has 0 aromatic carbocycles. The summed E-state index contributed by atoms with van der Waals surface area (Å²) in [5, 5.41) is 8.64. The standard InChI is InChI=1S/C3H6BNO2/c1-3-4(6)7-2-5-3/h6H,2H2,1H3. The van der Waals surface area contributed by atoms with Crippen LogP contribution >= 0.6 is 0 Å². The van der Waals surface area contributed by atoms with E-state index in [1.807, 2.05) is 0 Å². The molecular weight excluding hydrogens is 92.8 g/mol. The van der Waals surface area contributed by atoms with Crippen LogP contribution in [-0.4, -0.2) is 24.5 Å². The van der Waals surface area contributed by atoms with Crippen molar-refractivity contribution in [1.29, 1.82) is 0 Å². The zero-order valence-electron chi connectivity index (χ0n) is 4.09. The summed E-state index contributed by atoms with van der Waals surface area (Å²) >= 11 is 0. The molecule has 0 amide bonds. The van der Waals surface area contributed by atoms with Gasteiger partial charge in [0.25, 0.3) is 0 Å². The number of hydrogen-bond donors (Lipinski definition) is 1. The summed E-state index contributed by atoms with van der Waals surface area (Å²) < 4.78 is 4.62. The Balaban J connectivity index is 2.54. The molecule has 0 atom stereocenters. The largest absolute Gasteiger partial charge is 0.507 e. The number of hydrogen-bond acceptors (Lipinski definition) is 3. The summed E-state index contributed by atoms with van der Waals surface area (Å²) in [7, 11) is -0.736. The quantitative estimate of drug-likeness (QED) is 0.414. The van der Waals surface area contributed by atoms with Crippen LogP contribution in [0.15, 0.2) is 4.99 Å². The Morgan fingerprint density at radius 3 is 2.86 bits per heavy atom. The lowest BCUT2D eigenvalue weighted by Gasteiger charge is -1.89. The smallest absolute Gasteiger partial charge is 0.422 e. The molecule has 1 N–H and O–H groups in total. The van der Waals surface area contributed by atoms with Gasteiger partial charge in [0.2, 0.25) is 0 Å². The van der Waals surface area contributed by atoms with E-state index in [2.05, 4.69) is 9.65 Å². The van der Waals surface area contributed by atoms with Crippen LogP contribution in [0.4, 0.5) is 0 Å². The second-order valence-corrected chi connectivity index (χ2v) is 1.45. The fourth-order valence-electron chi connectivity index (χ4n) is 0.408. The van der Waals surface area contributed by atoms with Crippen molar-refractivity contribution in [3.8, 4) is 0 Å². The molecule has 0 aromatic heterocycles. The fraction of sp³-hybridized carbons (Fsp3) is 0.667. The molecule has 1 aliphatic rings. The molecule has 1 heterocycles. The predicted octanol–water partition coefficient (Wildman–Crippen LogP) is -0.545. The van der Waals surface area contributed by atoms with Crippen LogP contribution in [0.25, 0.3) is 0 Å². The van der Waals surface area contributed by atoms with E-state index in [1.165, 1.54) is 0 Å². The van der Waals surface area contributed by atoms with Gasteiger partial charge in [-0.25, -0.2) is 0 Å². The van der Waals surface area contributed by atoms with Gasteiger partial charge >= 0.3 is 7.12 Å². The van der Waals surface area contributed by atoms with Crippen molar-refractivity contribution in [2.75, 3.05) is 6.73 Å². The third kappa shape index (κ3) is 0.810. The monoisotopic (exact) mass is 99.0 g/mol. The Kier molecular flexibility index (Phi) is 1.12.